The molecule has 0 aromatic carbocycles. The van der Waals surface area contributed by atoms with E-state index in [4.69, 9.17) is 9.47 Å². The Morgan fingerprint density at radius 2 is 2.05 bits per heavy atom. The second kappa shape index (κ2) is 7.23. The maximum atomic E-state index is 11.5. The van der Waals surface area contributed by atoms with E-state index in [2.05, 4.69) is 5.32 Å². The molecular weight excluding hydrogens is 266 g/mol. The maximum Gasteiger partial charge on any atom is 0.303 e. The van der Waals surface area contributed by atoms with Crippen LogP contribution in [0.1, 0.15) is 33.6 Å². The van der Waals surface area contributed by atoms with Crippen LogP contribution in [0.2, 0.25) is 0 Å². The fraction of sp³-hybridized carbons (Fsp3) is 0.769. The summed E-state index contributed by atoms with van der Waals surface area (Å²) in [5.74, 6) is -1.55. The van der Waals surface area contributed by atoms with Crippen molar-refractivity contribution < 1.29 is 29.0 Å². The number of hydrogen-bond donors (Lipinski definition) is 2. The van der Waals surface area contributed by atoms with Gasteiger partial charge in [-0.25, -0.2) is 0 Å². The smallest absolute Gasteiger partial charge is 0.303 e. The molecule has 1 aliphatic rings. The van der Waals surface area contributed by atoms with Crippen LogP contribution in [0.25, 0.3) is 0 Å². The Labute approximate surface area is 117 Å². The van der Waals surface area contributed by atoms with E-state index in [1.165, 1.54) is 13.8 Å². The normalized spacial score (nSPS) is 24.7. The molecule has 0 aliphatic carbocycles. The molecule has 1 saturated heterocycles. The quantitative estimate of drug-likeness (QED) is 0.654. The number of aliphatic hydroxyl groups excluding tert-OH is 1. The Bertz CT molecular complexity index is 383. The second-order valence-corrected chi connectivity index (χ2v) is 4.89. The molecule has 1 heterocycles. The fourth-order valence-electron chi connectivity index (χ4n) is 2.42. The molecule has 0 unspecified atom stereocenters. The van der Waals surface area contributed by atoms with Crippen molar-refractivity contribution in [3.05, 3.63) is 0 Å². The van der Waals surface area contributed by atoms with Crippen molar-refractivity contribution in [1.29, 1.82) is 0 Å². The fourth-order valence-corrected chi connectivity index (χ4v) is 2.42. The van der Waals surface area contributed by atoms with Crippen LogP contribution in [0.15, 0.2) is 0 Å². The minimum absolute atomic E-state index is 0.140. The Morgan fingerprint density at radius 1 is 1.40 bits per heavy atom. The highest BCUT2D eigenvalue weighted by Crippen LogP contribution is 2.27. The first-order chi connectivity index (χ1) is 9.35. The number of ether oxygens (including phenoxy) is 2. The predicted octanol–water partition coefficient (Wildman–Crippen LogP) is -0.243. The van der Waals surface area contributed by atoms with Gasteiger partial charge in [0.2, 0.25) is 5.91 Å². The molecule has 0 bridgehead atoms. The predicted molar refractivity (Wildman–Crippen MR) is 68.5 cm³/mol. The van der Waals surface area contributed by atoms with Crippen molar-refractivity contribution in [3.8, 4) is 0 Å². The number of esters is 2. The first-order valence-electron chi connectivity index (χ1n) is 6.63. The molecule has 1 fully saturated rings. The van der Waals surface area contributed by atoms with Crippen LogP contribution < -0.4 is 5.32 Å². The standard InChI is InChI=1S/C13H21NO6/c1-4-10-9(5-12(18)14-10)13(20-8(3)16)11(17)6-19-7(2)15/h9-11,13,17H,4-6H2,1-3H3,(H,14,18)/t9-,10-,11+,13+/m0/s1. The number of rotatable bonds is 6. The average Bonchev–Trinajstić information content (AvgIpc) is 2.73. The van der Waals surface area contributed by atoms with E-state index < -0.39 is 24.1 Å². The minimum atomic E-state index is -1.16. The zero-order valence-electron chi connectivity index (χ0n) is 11.9. The van der Waals surface area contributed by atoms with Crippen molar-refractivity contribution in [3.63, 3.8) is 0 Å². The molecule has 1 rings (SSSR count). The summed E-state index contributed by atoms with van der Waals surface area (Å²) in [6, 6.07) is -0.168. The number of nitrogens with one attached hydrogen (secondary N) is 1. The third-order valence-electron chi connectivity index (χ3n) is 3.28. The topological polar surface area (TPSA) is 102 Å². The summed E-state index contributed by atoms with van der Waals surface area (Å²) in [6.07, 6.45) is -1.20. The minimum Gasteiger partial charge on any atom is -0.463 e. The van der Waals surface area contributed by atoms with Gasteiger partial charge in [-0.05, 0) is 6.42 Å². The lowest BCUT2D eigenvalue weighted by Gasteiger charge is -2.30. The third kappa shape index (κ3) is 4.48. The van der Waals surface area contributed by atoms with Gasteiger partial charge in [0, 0.05) is 32.2 Å². The van der Waals surface area contributed by atoms with Crippen LogP contribution in [0, 0.1) is 5.92 Å². The van der Waals surface area contributed by atoms with Gasteiger partial charge in [0.05, 0.1) is 0 Å². The van der Waals surface area contributed by atoms with Crippen LogP contribution in [-0.2, 0) is 23.9 Å². The first-order valence-corrected chi connectivity index (χ1v) is 6.63. The molecular formula is C13H21NO6. The lowest BCUT2D eigenvalue weighted by Crippen LogP contribution is -2.45. The van der Waals surface area contributed by atoms with Gasteiger partial charge in [-0.1, -0.05) is 6.92 Å². The average molecular weight is 287 g/mol. The highest BCUT2D eigenvalue weighted by atomic mass is 16.6. The van der Waals surface area contributed by atoms with E-state index in [1.807, 2.05) is 6.92 Å². The Hall–Kier alpha value is -1.63. The summed E-state index contributed by atoms with van der Waals surface area (Å²) in [4.78, 5) is 33.4. The summed E-state index contributed by atoms with van der Waals surface area (Å²) in [5.41, 5.74) is 0. The van der Waals surface area contributed by atoms with Crippen molar-refractivity contribution >= 4 is 17.8 Å². The van der Waals surface area contributed by atoms with Gasteiger partial charge in [0.1, 0.15) is 18.8 Å². The van der Waals surface area contributed by atoms with Crippen molar-refractivity contribution in [1.82, 2.24) is 5.32 Å². The van der Waals surface area contributed by atoms with E-state index in [9.17, 15) is 19.5 Å². The monoisotopic (exact) mass is 287 g/mol. The van der Waals surface area contributed by atoms with Gasteiger partial charge in [-0.2, -0.15) is 0 Å². The number of amides is 1. The largest absolute Gasteiger partial charge is 0.463 e. The highest BCUT2D eigenvalue weighted by Gasteiger charge is 2.42. The van der Waals surface area contributed by atoms with Crippen molar-refractivity contribution in [2.24, 2.45) is 5.92 Å². The van der Waals surface area contributed by atoms with E-state index >= 15 is 0 Å². The molecule has 0 spiro atoms. The Morgan fingerprint density at radius 3 is 2.55 bits per heavy atom. The number of carbonyl (C=O) groups excluding carboxylic acids is 3. The molecule has 20 heavy (non-hydrogen) atoms. The molecule has 0 aromatic rings. The number of hydrogen-bond acceptors (Lipinski definition) is 6. The van der Waals surface area contributed by atoms with Crippen LogP contribution in [-0.4, -0.2) is 47.8 Å². The van der Waals surface area contributed by atoms with Crippen molar-refractivity contribution in [2.75, 3.05) is 6.61 Å². The van der Waals surface area contributed by atoms with Crippen LogP contribution >= 0.6 is 0 Å². The summed E-state index contributed by atoms with van der Waals surface area (Å²) in [5, 5.41) is 12.9. The van der Waals surface area contributed by atoms with Gasteiger partial charge in [-0.15, -0.1) is 0 Å². The molecule has 1 aliphatic heterocycles. The highest BCUT2D eigenvalue weighted by molar-refractivity contribution is 5.79. The van der Waals surface area contributed by atoms with E-state index in [1.54, 1.807) is 0 Å². The van der Waals surface area contributed by atoms with Crippen LogP contribution in [0.5, 0.6) is 0 Å². The molecule has 0 saturated carbocycles. The van der Waals surface area contributed by atoms with E-state index in [-0.39, 0.29) is 30.9 Å². The Kier molecular flexibility index (Phi) is 5.94. The van der Waals surface area contributed by atoms with Crippen molar-refractivity contribution in [2.45, 2.75) is 51.9 Å². The molecule has 4 atom stereocenters. The summed E-state index contributed by atoms with van der Waals surface area (Å²) in [7, 11) is 0. The zero-order chi connectivity index (χ0) is 15.3. The first kappa shape index (κ1) is 16.4. The zero-order valence-corrected chi connectivity index (χ0v) is 11.9. The van der Waals surface area contributed by atoms with Gasteiger partial charge >= 0.3 is 11.9 Å². The molecule has 114 valence electrons. The summed E-state index contributed by atoms with van der Waals surface area (Å²) in [6.45, 7) is 4.08. The van der Waals surface area contributed by atoms with Gasteiger partial charge in [0.25, 0.3) is 0 Å². The molecule has 7 heteroatoms. The summed E-state index contributed by atoms with van der Waals surface area (Å²) >= 11 is 0. The Balaban J connectivity index is 2.79. The third-order valence-corrected chi connectivity index (χ3v) is 3.28. The van der Waals surface area contributed by atoms with Crippen LogP contribution in [0.4, 0.5) is 0 Å². The van der Waals surface area contributed by atoms with Gasteiger partial charge < -0.3 is 19.9 Å². The lowest BCUT2D eigenvalue weighted by atomic mass is 9.89. The summed E-state index contributed by atoms with van der Waals surface area (Å²) < 4.78 is 9.87. The lowest BCUT2D eigenvalue weighted by molar-refractivity contribution is -0.163. The maximum absolute atomic E-state index is 11.5. The van der Waals surface area contributed by atoms with Gasteiger partial charge in [0.15, 0.2) is 0 Å². The molecule has 1 amide bonds. The van der Waals surface area contributed by atoms with E-state index in [0.717, 1.165) is 0 Å². The molecule has 2 N–H and O–H groups in total. The number of carbonyl (C=O) groups is 3. The second-order valence-electron chi connectivity index (χ2n) is 4.89. The molecule has 0 aromatic heterocycles. The number of aliphatic hydroxyl groups is 1. The SMILES string of the molecule is CC[C@@H]1NC(=O)C[C@@H]1[C@@H](OC(C)=O)[C@H](O)COC(C)=O. The van der Waals surface area contributed by atoms with Gasteiger partial charge in [-0.3, -0.25) is 14.4 Å². The van der Waals surface area contributed by atoms with Crippen LogP contribution in [0.3, 0.4) is 0 Å². The van der Waals surface area contributed by atoms with E-state index in [0.29, 0.717) is 6.42 Å². The molecule has 7 nitrogen and oxygen atoms in total. The molecule has 0 radical (unpaired) electrons.